The molecule has 4 rings (SSSR count). The molecule has 2 aromatic heterocycles. The van der Waals surface area contributed by atoms with Crippen LogP contribution in [0.2, 0.25) is 0 Å². The molecule has 8 heteroatoms. The van der Waals surface area contributed by atoms with E-state index in [0.717, 1.165) is 55.4 Å². The molecule has 1 aliphatic heterocycles. The number of hydrogen-bond donors (Lipinski definition) is 2. The fraction of sp³-hybridized carbons (Fsp3) is 0.440. The Morgan fingerprint density at radius 1 is 1.18 bits per heavy atom. The monoisotopic (exact) mass is 563 g/mol. The molecular weight excluding hydrogens is 529 g/mol. The van der Waals surface area contributed by atoms with Crippen molar-refractivity contribution in [3.63, 3.8) is 0 Å². The number of benzene rings is 1. The first-order chi connectivity index (χ1) is 15.7. The van der Waals surface area contributed by atoms with E-state index in [1.54, 1.807) is 6.26 Å². The molecule has 3 heterocycles. The smallest absolute Gasteiger partial charge is 0.192 e. The Balaban J connectivity index is 0.00000306. The summed E-state index contributed by atoms with van der Waals surface area (Å²) < 4.78 is 13.3. The van der Waals surface area contributed by atoms with Gasteiger partial charge in [-0.2, -0.15) is 5.10 Å². The van der Waals surface area contributed by atoms with Crippen molar-refractivity contribution in [1.82, 2.24) is 20.4 Å². The first-order valence-electron chi connectivity index (χ1n) is 11.5. The summed E-state index contributed by atoms with van der Waals surface area (Å²) in [4.78, 5) is 4.98. The van der Waals surface area contributed by atoms with Crippen LogP contribution >= 0.6 is 24.0 Å². The number of fused-ring (bicyclic) bond motifs is 1. The van der Waals surface area contributed by atoms with E-state index in [1.165, 1.54) is 16.8 Å². The van der Waals surface area contributed by atoms with Crippen molar-refractivity contribution in [2.75, 3.05) is 13.2 Å². The topological polar surface area (TPSA) is 76.6 Å². The Morgan fingerprint density at radius 3 is 2.79 bits per heavy atom. The minimum Gasteiger partial charge on any atom is -0.493 e. The van der Waals surface area contributed by atoms with Gasteiger partial charge in [-0.05, 0) is 31.0 Å². The van der Waals surface area contributed by atoms with Crippen molar-refractivity contribution in [1.29, 1.82) is 0 Å². The van der Waals surface area contributed by atoms with Crippen molar-refractivity contribution >= 4 is 29.9 Å². The van der Waals surface area contributed by atoms with E-state index < -0.39 is 0 Å². The van der Waals surface area contributed by atoms with E-state index in [-0.39, 0.29) is 30.0 Å². The summed E-state index contributed by atoms with van der Waals surface area (Å²) in [6, 6.07) is 12.3. The lowest BCUT2D eigenvalue weighted by atomic mass is 10.0. The summed E-state index contributed by atoms with van der Waals surface area (Å²) in [6.45, 7) is 6.34. The van der Waals surface area contributed by atoms with E-state index in [2.05, 4.69) is 36.6 Å². The van der Waals surface area contributed by atoms with Gasteiger partial charge in [0.2, 0.25) is 0 Å². The quantitative estimate of drug-likeness (QED) is 0.239. The second-order valence-corrected chi connectivity index (χ2v) is 8.00. The predicted molar refractivity (Wildman–Crippen MR) is 141 cm³/mol. The van der Waals surface area contributed by atoms with Gasteiger partial charge in [0.15, 0.2) is 5.96 Å². The molecule has 7 nitrogen and oxygen atoms in total. The zero-order valence-corrected chi connectivity index (χ0v) is 22.0. The third kappa shape index (κ3) is 6.10. The van der Waals surface area contributed by atoms with Crippen molar-refractivity contribution in [2.45, 2.75) is 52.1 Å². The highest BCUT2D eigenvalue weighted by atomic mass is 127. The third-order valence-corrected chi connectivity index (χ3v) is 5.94. The number of halogens is 1. The van der Waals surface area contributed by atoms with E-state index in [0.29, 0.717) is 13.2 Å². The minimum atomic E-state index is 0. The minimum absolute atomic E-state index is 0. The number of guanidine groups is 1. The third-order valence-electron chi connectivity index (χ3n) is 5.94. The summed E-state index contributed by atoms with van der Waals surface area (Å²) in [5, 5.41) is 11.8. The number of nitrogens with zero attached hydrogens (tertiary/aromatic N) is 3. The van der Waals surface area contributed by atoms with Crippen LogP contribution in [0.25, 0.3) is 0 Å². The molecule has 0 fully saturated rings. The average molecular weight is 563 g/mol. The molecule has 2 N–H and O–H groups in total. The number of ether oxygens (including phenoxy) is 1. The SMILES string of the molecule is CCc1nn(C)c(CC)c1CN=C(NCCc1ccco1)NC1CCOc2ccccc21.I. The molecule has 178 valence electrons. The van der Waals surface area contributed by atoms with E-state index in [1.807, 2.05) is 36.0 Å². The summed E-state index contributed by atoms with van der Waals surface area (Å²) in [7, 11) is 2.02. The second kappa shape index (κ2) is 12.1. The molecule has 1 aromatic carbocycles. The Hall–Kier alpha value is -2.49. The molecule has 0 saturated heterocycles. The van der Waals surface area contributed by atoms with Crippen LogP contribution in [-0.4, -0.2) is 28.9 Å². The highest BCUT2D eigenvalue weighted by molar-refractivity contribution is 14.0. The van der Waals surface area contributed by atoms with Crippen LogP contribution in [0.5, 0.6) is 5.75 Å². The number of hydrogen-bond acceptors (Lipinski definition) is 4. The maximum Gasteiger partial charge on any atom is 0.192 e. The maximum atomic E-state index is 5.83. The van der Waals surface area contributed by atoms with Crippen LogP contribution in [0, 0.1) is 0 Å². The van der Waals surface area contributed by atoms with Crippen LogP contribution in [0.3, 0.4) is 0 Å². The fourth-order valence-corrected chi connectivity index (χ4v) is 4.30. The van der Waals surface area contributed by atoms with Crippen molar-refractivity contribution in [2.24, 2.45) is 12.0 Å². The standard InChI is InChI=1S/C25H33N5O2.HI/c1-4-21-20(23(5-2)30(3)29-21)17-27-25(26-14-12-18-9-8-15-31-18)28-22-13-16-32-24-11-7-6-10-19(22)24;/h6-11,15,22H,4-5,12-14,16-17H2,1-3H3,(H2,26,27,28);1H. The van der Waals surface area contributed by atoms with Gasteiger partial charge in [0.25, 0.3) is 0 Å². The second-order valence-electron chi connectivity index (χ2n) is 8.00. The van der Waals surface area contributed by atoms with E-state index in [9.17, 15) is 0 Å². The number of aryl methyl sites for hydroxylation is 2. The molecule has 0 bridgehead atoms. The zero-order chi connectivity index (χ0) is 22.3. The largest absolute Gasteiger partial charge is 0.493 e. The van der Waals surface area contributed by atoms with Crippen LogP contribution in [-0.2, 0) is 32.9 Å². The van der Waals surface area contributed by atoms with Gasteiger partial charge in [-0.25, -0.2) is 4.99 Å². The molecule has 0 radical (unpaired) electrons. The van der Waals surface area contributed by atoms with Gasteiger partial charge in [0.1, 0.15) is 11.5 Å². The lowest BCUT2D eigenvalue weighted by Gasteiger charge is -2.28. The van der Waals surface area contributed by atoms with Gasteiger partial charge in [0, 0.05) is 43.3 Å². The molecular formula is C25H34IN5O2. The highest BCUT2D eigenvalue weighted by Crippen LogP contribution is 2.31. The van der Waals surface area contributed by atoms with Gasteiger partial charge in [-0.1, -0.05) is 32.0 Å². The Morgan fingerprint density at radius 2 is 2.03 bits per heavy atom. The van der Waals surface area contributed by atoms with Gasteiger partial charge in [-0.15, -0.1) is 24.0 Å². The first-order valence-corrected chi connectivity index (χ1v) is 11.5. The average Bonchev–Trinajstić information content (AvgIpc) is 3.44. The number of aromatic nitrogens is 2. The van der Waals surface area contributed by atoms with Gasteiger partial charge < -0.3 is 19.8 Å². The first kappa shape index (κ1) is 25.1. The molecule has 0 amide bonds. The van der Waals surface area contributed by atoms with Crippen molar-refractivity contribution < 1.29 is 9.15 Å². The molecule has 33 heavy (non-hydrogen) atoms. The van der Waals surface area contributed by atoms with Crippen molar-refractivity contribution in [3.05, 3.63) is 70.9 Å². The maximum absolute atomic E-state index is 5.83. The molecule has 0 aliphatic carbocycles. The highest BCUT2D eigenvalue weighted by Gasteiger charge is 2.22. The number of nitrogens with one attached hydrogen (secondary N) is 2. The molecule has 0 saturated carbocycles. The van der Waals surface area contributed by atoms with Gasteiger partial charge in [-0.3, -0.25) is 4.68 Å². The lowest BCUT2D eigenvalue weighted by molar-refractivity contribution is 0.261. The molecule has 0 spiro atoms. The fourth-order valence-electron chi connectivity index (χ4n) is 4.30. The van der Waals surface area contributed by atoms with Crippen molar-refractivity contribution in [3.8, 4) is 5.75 Å². The summed E-state index contributed by atoms with van der Waals surface area (Å²) in [5.41, 5.74) is 4.78. The molecule has 1 unspecified atom stereocenters. The van der Waals surface area contributed by atoms with E-state index >= 15 is 0 Å². The van der Waals surface area contributed by atoms with E-state index in [4.69, 9.17) is 19.2 Å². The summed E-state index contributed by atoms with van der Waals surface area (Å²) in [5.74, 6) is 2.70. The summed E-state index contributed by atoms with van der Waals surface area (Å²) in [6.07, 6.45) is 5.24. The van der Waals surface area contributed by atoms with Crippen LogP contribution < -0.4 is 15.4 Å². The van der Waals surface area contributed by atoms with Gasteiger partial charge in [0.05, 0.1) is 31.2 Å². The lowest BCUT2D eigenvalue weighted by Crippen LogP contribution is -2.42. The van der Waals surface area contributed by atoms with Crippen LogP contribution in [0.15, 0.2) is 52.1 Å². The van der Waals surface area contributed by atoms with Crippen LogP contribution in [0.1, 0.15) is 54.6 Å². The zero-order valence-electron chi connectivity index (χ0n) is 19.6. The molecule has 3 aromatic rings. The number of para-hydroxylation sites is 1. The Kier molecular flexibility index (Phi) is 9.22. The number of aliphatic imine (C=N–C) groups is 1. The predicted octanol–water partition coefficient (Wildman–Crippen LogP) is 4.56. The Labute approximate surface area is 213 Å². The number of rotatable bonds is 8. The Bertz CT molecular complexity index is 1050. The molecule has 1 atom stereocenters. The number of furan rings is 1. The summed E-state index contributed by atoms with van der Waals surface area (Å²) >= 11 is 0. The molecule has 1 aliphatic rings. The van der Waals surface area contributed by atoms with Crippen LogP contribution in [0.4, 0.5) is 0 Å². The van der Waals surface area contributed by atoms with Gasteiger partial charge >= 0.3 is 0 Å². The normalized spacial score (nSPS) is 15.4.